The summed E-state index contributed by atoms with van der Waals surface area (Å²) in [7, 11) is 0. The molecule has 2 N–H and O–H groups in total. The number of hydrogen-bond acceptors (Lipinski definition) is 5. The molecule has 1 amide bonds. The van der Waals surface area contributed by atoms with Crippen LogP contribution in [0.3, 0.4) is 0 Å². The van der Waals surface area contributed by atoms with E-state index in [0.29, 0.717) is 41.6 Å². The Balaban J connectivity index is 1.55. The van der Waals surface area contributed by atoms with Gasteiger partial charge in [-0.05, 0) is 54.7 Å². The van der Waals surface area contributed by atoms with Crippen LogP contribution in [0.1, 0.15) is 47.1 Å². The largest absolute Gasteiger partial charge is 0.477 e. The molecule has 5 rings (SSSR count). The lowest BCUT2D eigenvalue weighted by molar-refractivity contribution is -0.131. The van der Waals surface area contributed by atoms with E-state index in [1.807, 2.05) is 26.0 Å². The number of fused-ring (bicyclic) bond motifs is 1. The van der Waals surface area contributed by atoms with Crippen molar-refractivity contribution in [1.29, 1.82) is 0 Å². The maximum absolute atomic E-state index is 15.9. The van der Waals surface area contributed by atoms with Crippen LogP contribution < -0.4 is 0 Å². The Morgan fingerprint density at radius 1 is 1.19 bits per heavy atom. The molecule has 0 fully saturated rings. The van der Waals surface area contributed by atoms with Crippen molar-refractivity contribution in [3.8, 4) is 11.1 Å². The highest BCUT2D eigenvalue weighted by Gasteiger charge is 2.25. The lowest BCUT2D eigenvalue weighted by Crippen LogP contribution is -2.36. The van der Waals surface area contributed by atoms with E-state index >= 15 is 4.39 Å². The van der Waals surface area contributed by atoms with E-state index in [1.54, 1.807) is 34.2 Å². The molecule has 4 aromatic rings. The summed E-state index contributed by atoms with van der Waals surface area (Å²) in [5.74, 6) is -1.75. The molecule has 0 atom stereocenters. The average Bonchev–Trinajstić information content (AvgIpc) is 3.59. The molecular formula is C27H27FN6O3. The Kier molecular flexibility index (Phi) is 6.56. The first-order valence-electron chi connectivity index (χ1n) is 12.2. The molecule has 0 aliphatic carbocycles. The van der Waals surface area contributed by atoms with Crippen molar-refractivity contribution in [3.63, 3.8) is 0 Å². The number of aromatic nitrogens is 5. The molecule has 0 radical (unpaired) electrons. The number of aromatic carboxylic acids is 1. The Labute approximate surface area is 212 Å². The minimum atomic E-state index is -1.16. The van der Waals surface area contributed by atoms with Crippen LogP contribution in [0.4, 0.5) is 4.39 Å². The van der Waals surface area contributed by atoms with E-state index in [9.17, 15) is 14.7 Å². The summed E-state index contributed by atoms with van der Waals surface area (Å²) >= 11 is 0. The molecule has 190 valence electrons. The van der Waals surface area contributed by atoms with Crippen LogP contribution in [0.5, 0.6) is 0 Å². The molecule has 0 spiro atoms. The zero-order valence-corrected chi connectivity index (χ0v) is 20.7. The summed E-state index contributed by atoms with van der Waals surface area (Å²) in [4.78, 5) is 33.6. The molecule has 3 aromatic heterocycles. The summed E-state index contributed by atoms with van der Waals surface area (Å²) in [5, 5.41) is 17.7. The zero-order chi connectivity index (χ0) is 26.1. The number of carbonyl (C=O) groups is 2. The van der Waals surface area contributed by atoms with Gasteiger partial charge in [0, 0.05) is 54.1 Å². The first-order valence-corrected chi connectivity index (χ1v) is 12.2. The molecule has 10 heteroatoms. The number of nitrogens with one attached hydrogen (secondary N) is 1. The van der Waals surface area contributed by atoms with Crippen molar-refractivity contribution >= 4 is 28.4 Å². The maximum atomic E-state index is 15.9. The number of carbonyl (C=O) groups excluding carboxylic acids is 1. The summed E-state index contributed by atoms with van der Waals surface area (Å²) in [6.07, 6.45) is 8.56. The van der Waals surface area contributed by atoms with Crippen molar-refractivity contribution in [3.05, 3.63) is 71.2 Å². The number of pyridine rings is 1. The molecule has 1 aliphatic heterocycles. The number of nitrogens with zero attached hydrogens (tertiary/aromatic N) is 5. The first kappa shape index (κ1) is 24.4. The van der Waals surface area contributed by atoms with Gasteiger partial charge in [-0.25, -0.2) is 9.18 Å². The van der Waals surface area contributed by atoms with Crippen molar-refractivity contribution in [1.82, 2.24) is 29.9 Å². The summed E-state index contributed by atoms with van der Waals surface area (Å²) in [5.41, 5.74) is 4.50. The maximum Gasteiger partial charge on any atom is 0.352 e. The molecule has 4 heterocycles. The summed E-state index contributed by atoms with van der Waals surface area (Å²) in [6.45, 7) is 5.17. The fraction of sp³-hybridized carbons (Fsp3) is 0.296. The number of aromatic amines is 1. The Morgan fingerprint density at radius 3 is 2.76 bits per heavy atom. The van der Waals surface area contributed by atoms with Crippen molar-refractivity contribution in [2.45, 2.75) is 39.7 Å². The van der Waals surface area contributed by atoms with Crippen LogP contribution in [-0.2, 0) is 17.8 Å². The number of carboxylic acid groups (broad SMARTS) is 1. The van der Waals surface area contributed by atoms with Crippen LogP contribution in [0.15, 0.2) is 42.9 Å². The third-order valence-electron chi connectivity index (χ3n) is 6.76. The van der Waals surface area contributed by atoms with Crippen molar-refractivity contribution in [2.75, 3.05) is 13.1 Å². The number of carboxylic acids is 1. The van der Waals surface area contributed by atoms with E-state index in [-0.39, 0.29) is 30.1 Å². The number of H-pyrrole nitrogens is 1. The Bertz CT molecular complexity index is 1520. The SMILES string of the molecule is CCc1cc(C)ncc1-c1cc(C2=CCCN(C(=O)CCn3ccnn3)C2)c(F)c2[nH]c(C(=O)O)cc12. The number of halogens is 1. The summed E-state index contributed by atoms with van der Waals surface area (Å²) in [6, 6.07) is 5.22. The van der Waals surface area contributed by atoms with Crippen molar-refractivity contribution in [2.24, 2.45) is 0 Å². The second kappa shape index (κ2) is 9.96. The quantitative estimate of drug-likeness (QED) is 0.391. The van der Waals surface area contributed by atoms with E-state index in [2.05, 4.69) is 20.3 Å². The van der Waals surface area contributed by atoms with Gasteiger partial charge < -0.3 is 15.0 Å². The Morgan fingerprint density at radius 2 is 2.03 bits per heavy atom. The normalized spacial score (nSPS) is 13.7. The van der Waals surface area contributed by atoms with Crippen LogP contribution in [-0.4, -0.2) is 59.9 Å². The van der Waals surface area contributed by atoms with Gasteiger partial charge in [-0.1, -0.05) is 18.2 Å². The highest BCUT2D eigenvalue weighted by Crippen LogP contribution is 2.38. The molecule has 9 nitrogen and oxygen atoms in total. The number of hydrogen-bond donors (Lipinski definition) is 2. The van der Waals surface area contributed by atoms with Gasteiger partial charge in [0.05, 0.1) is 18.3 Å². The molecule has 1 aliphatic rings. The molecular weight excluding hydrogens is 475 g/mol. The van der Waals surface area contributed by atoms with E-state index < -0.39 is 11.8 Å². The number of amides is 1. The fourth-order valence-corrected chi connectivity index (χ4v) is 4.86. The van der Waals surface area contributed by atoms with E-state index in [4.69, 9.17) is 0 Å². The highest BCUT2D eigenvalue weighted by molar-refractivity contribution is 6.03. The number of aryl methyl sites for hydroxylation is 3. The number of benzene rings is 1. The minimum Gasteiger partial charge on any atom is -0.477 e. The van der Waals surface area contributed by atoms with Gasteiger partial charge >= 0.3 is 5.97 Å². The fourth-order valence-electron chi connectivity index (χ4n) is 4.86. The third-order valence-corrected chi connectivity index (χ3v) is 6.76. The zero-order valence-electron chi connectivity index (χ0n) is 20.7. The predicted molar refractivity (Wildman–Crippen MR) is 136 cm³/mol. The van der Waals surface area contributed by atoms with Gasteiger partial charge in [-0.2, -0.15) is 0 Å². The lowest BCUT2D eigenvalue weighted by atomic mass is 9.91. The predicted octanol–water partition coefficient (Wildman–Crippen LogP) is 4.24. The molecule has 0 bridgehead atoms. The molecule has 37 heavy (non-hydrogen) atoms. The minimum absolute atomic E-state index is 0.0492. The molecule has 0 saturated heterocycles. The number of rotatable bonds is 7. The van der Waals surface area contributed by atoms with Crippen molar-refractivity contribution < 1.29 is 19.1 Å². The van der Waals surface area contributed by atoms with Gasteiger partial charge in [-0.3, -0.25) is 14.5 Å². The van der Waals surface area contributed by atoms with Gasteiger partial charge in [0.1, 0.15) is 5.69 Å². The van der Waals surface area contributed by atoms with E-state index in [1.165, 1.54) is 6.07 Å². The van der Waals surface area contributed by atoms with Gasteiger partial charge in [-0.15, -0.1) is 5.10 Å². The third kappa shape index (κ3) is 4.74. The smallest absolute Gasteiger partial charge is 0.352 e. The Hall–Kier alpha value is -4.34. The first-order chi connectivity index (χ1) is 17.9. The van der Waals surface area contributed by atoms with Crippen LogP contribution in [0.2, 0.25) is 0 Å². The van der Waals surface area contributed by atoms with Gasteiger partial charge in [0.15, 0.2) is 5.82 Å². The second-order valence-electron chi connectivity index (χ2n) is 9.15. The van der Waals surface area contributed by atoms with E-state index in [0.717, 1.165) is 23.2 Å². The van der Waals surface area contributed by atoms with Gasteiger partial charge in [0.25, 0.3) is 0 Å². The topological polar surface area (TPSA) is 117 Å². The van der Waals surface area contributed by atoms with Crippen LogP contribution in [0, 0.1) is 12.7 Å². The van der Waals surface area contributed by atoms with Crippen LogP contribution >= 0.6 is 0 Å². The van der Waals surface area contributed by atoms with Crippen LogP contribution in [0.25, 0.3) is 27.6 Å². The standard InChI is InChI=1S/C27H27FN6O3/c1-3-17-11-16(2)29-14-22(17)20-12-19(25(28)26-21(20)13-23(31-26)27(36)37)18-5-4-8-33(15-18)24(35)6-9-34-10-7-30-32-34/h5,7,10-14,31H,3-4,6,8-9,15H2,1-2H3,(H,36,37). The van der Waals surface area contributed by atoms with Gasteiger partial charge in [0.2, 0.25) is 5.91 Å². The lowest BCUT2D eigenvalue weighted by Gasteiger charge is -2.28. The molecule has 0 saturated carbocycles. The average molecular weight is 503 g/mol. The highest BCUT2D eigenvalue weighted by atomic mass is 19.1. The second-order valence-corrected chi connectivity index (χ2v) is 9.15. The molecule has 0 unspecified atom stereocenters. The summed E-state index contributed by atoms with van der Waals surface area (Å²) < 4.78 is 17.5. The monoisotopic (exact) mass is 502 g/mol. The molecule has 1 aromatic carbocycles.